The number of carbonyl (C=O) groups is 1. The number of benzene rings is 2. The van der Waals surface area contributed by atoms with Gasteiger partial charge >= 0.3 is 6.18 Å². The van der Waals surface area contributed by atoms with Crippen LogP contribution in [0, 0.1) is 10.1 Å². The zero-order valence-electron chi connectivity index (χ0n) is 15.1. The standard InChI is InChI=1S/C19H17F3N2O5/c20-19(21,22)13-6-7-17(29-11-15-5-2-8-28-15)16(10-13)23-18(25)12-3-1-4-14(9-12)24(26)27/h1,3-4,6-7,9-10,15H,2,5,8,11H2,(H,23,25)/t15-/m1/s1. The zero-order valence-corrected chi connectivity index (χ0v) is 15.1. The van der Waals surface area contributed by atoms with E-state index in [1.165, 1.54) is 18.2 Å². The molecule has 2 aromatic carbocycles. The largest absolute Gasteiger partial charge is 0.489 e. The Morgan fingerprint density at radius 2 is 2.07 bits per heavy atom. The minimum Gasteiger partial charge on any atom is -0.489 e. The van der Waals surface area contributed by atoms with E-state index in [2.05, 4.69) is 5.32 Å². The van der Waals surface area contributed by atoms with Gasteiger partial charge in [-0.05, 0) is 37.1 Å². The van der Waals surface area contributed by atoms with E-state index >= 15 is 0 Å². The van der Waals surface area contributed by atoms with Crippen molar-refractivity contribution in [2.75, 3.05) is 18.5 Å². The van der Waals surface area contributed by atoms with Crippen LogP contribution in [-0.2, 0) is 10.9 Å². The van der Waals surface area contributed by atoms with Gasteiger partial charge in [-0.2, -0.15) is 13.2 Å². The molecular formula is C19H17F3N2O5. The molecule has 1 amide bonds. The van der Waals surface area contributed by atoms with Crippen molar-refractivity contribution in [3.8, 4) is 5.75 Å². The third kappa shape index (κ3) is 5.23. The number of non-ortho nitro benzene ring substituents is 1. The minimum atomic E-state index is -4.61. The van der Waals surface area contributed by atoms with E-state index in [4.69, 9.17) is 9.47 Å². The molecule has 1 aliphatic rings. The Labute approximate surface area is 163 Å². The predicted octanol–water partition coefficient (Wildman–Crippen LogP) is 4.42. The van der Waals surface area contributed by atoms with Crippen molar-refractivity contribution in [1.29, 1.82) is 0 Å². The van der Waals surface area contributed by atoms with Crippen molar-refractivity contribution in [1.82, 2.24) is 0 Å². The first-order chi connectivity index (χ1) is 13.7. The van der Waals surface area contributed by atoms with E-state index < -0.39 is 22.6 Å². The first-order valence-corrected chi connectivity index (χ1v) is 8.75. The smallest absolute Gasteiger partial charge is 0.416 e. The SMILES string of the molecule is O=C(Nc1cc(C(F)(F)F)ccc1OC[C@H]1CCCO1)c1cccc([N+](=O)[O-])c1. The van der Waals surface area contributed by atoms with Gasteiger partial charge in [-0.15, -0.1) is 0 Å². The molecule has 0 bridgehead atoms. The van der Waals surface area contributed by atoms with Gasteiger partial charge in [0.25, 0.3) is 11.6 Å². The van der Waals surface area contributed by atoms with Gasteiger partial charge in [0.1, 0.15) is 12.4 Å². The molecular weight excluding hydrogens is 393 g/mol. The topological polar surface area (TPSA) is 90.7 Å². The molecule has 1 atom stereocenters. The van der Waals surface area contributed by atoms with Gasteiger partial charge in [0.2, 0.25) is 0 Å². The summed E-state index contributed by atoms with van der Waals surface area (Å²) >= 11 is 0. The highest BCUT2D eigenvalue weighted by Crippen LogP contribution is 2.35. The Morgan fingerprint density at radius 1 is 1.28 bits per heavy atom. The molecule has 1 saturated heterocycles. The highest BCUT2D eigenvalue weighted by Gasteiger charge is 2.31. The number of nitrogens with zero attached hydrogens (tertiary/aromatic N) is 1. The lowest BCUT2D eigenvalue weighted by molar-refractivity contribution is -0.384. The van der Waals surface area contributed by atoms with Crippen LogP contribution in [0.3, 0.4) is 0 Å². The van der Waals surface area contributed by atoms with E-state index in [0.29, 0.717) is 6.61 Å². The summed E-state index contributed by atoms with van der Waals surface area (Å²) in [5, 5.41) is 13.2. The summed E-state index contributed by atoms with van der Waals surface area (Å²) in [6, 6.07) is 7.62. The van der Waals surface area contributed by atoms with Crippen LogP contribution in [0.5, 0.6) is 5.75 Å². The molecule has 1 heterocycles. The summed E-state index contributed by atoms with van der Waals surface area (Å²) in [6.45, 7) is 0.725. The van der Waals surface area contributed by atoms with E-state index in [-0.39, 0.29) is 35.4 Å². The van der Waals surface area contributed by atoms with E-state index in [9.17, 15) is 28.1 Å². The summed E-state index contributed by atoms with van der Waals surface area (Å²) < 4.78 is 50.2. The van der Waals surface area contributed by atoms with Crippen molar-refractivity contribution in [3.05, 3.63) is 63.7 Å². The number of hydrogen-bond acceptors (Lipinski definition) is 5. The van der Waals surface area contributed by atoms with Crippen LogP contribution in [0.25, 0.3) is 0 Å². The molecule has 154 valence electrons. The minimum absolute atomic E-state index is 0.0484. The Kier molecular flexibility index (Phi) is 6.02. The second-order valence-electron chi connectivity index (χ2n) is 6.42. The molecule has 2 aromatic rings. The zero-order chi connectivity index (χ0) is 21.0. The molecule has 0 unspecified atom stereocenters. The van der Waals surface area contributed by atoms with E-state index in [1.54, 1.807) is 0 Å². The fraction of sp³-hybridized carbons (Fsp3) is 0.316. The number of halogens is 3. The second-order valence-corrected chi connectivity index (χ2v) is 6.42. The van der Waals surface area contributed by atoms with Crippen molar-refractivity contribution in [2.45, 2.75) is 25.1 Å². The van der Waals surface area contributed by atoms with Gasteiger partial charge in [-0.3, -0.25) is 14.9 Å². The molecule has 0 aliphatic carbocycles. The molecule has 1 N–H and O–H groups in total. The van der Waals surface area contributed by atoms with Gasteiger partial charge < -0.3 is 14.8 Å². The lowest BCUT2D eigenvalue weighted by Gasteiger charge is -2.17. The molecule has 29 heavy (non-hydrogen) atoms. The summed E-state index contributed by atoms with van der Waals surface area (Å²) in [6.07, 6.45) is -3.14. The molecule has 10 heteroatoms. The van der Waals surface area contributed by atoms with Crippen LogP contribution in [-0.4, -0.2) is 30.1 Å². The predicted molar refractivity (Wildman–Crippen MR) is 97.0 cm³/mol. The quantitative estimate of drug-likeness (QED) is 0.562. The first-order valence-electron chi connectivity index (χ1n) is 8.75. The number of nitro benzene ring substituents is 1. The fourth-order valence-corrected chi connectivity index (χ4v) is 2.84. The number of alkyl halides is 3. The van der Waals surface area contributed by atoms with Crippen LogP contribution in [0.15, 0.2) is 42.5 Å². The molecule has 1 fully saturated rings. The first kappa shape index (κ1) is 20.6. The number of carbonyl (C=O) groups excluding carboxylic acids is 1. The molecule has 0 saturated carbocycles. The number of hydrogen-bond donors (Lipinski definition) is 1. The maximum atomic E-state index is 13.1. The number of ether oxygens (including phenoxy) is 2. The number of nitro groups is 1. The van der Waals surface area contributed by atoms with E-state index in [1.807, 2.05) is 0 Å². The van der Waals surface area contributed by atoms with E-state index in [0.717, 1.165) is 37.1 Å². The Bertz CT molecular complexity index is 911. The van der Waals surface area contributed by atoms with Crippen LogP contribution in [0.4, 0.5) is 24.5 Å². The Morgan fingerprint density at radius 3 is 2.72 bits per heavy atom. The lowest BCUT2D eigenvalue weighted by atomic mass is 10.1. The second kappa shape index (κ2) is 8.48. The van der Waals surface area contributed by atoms with Gasteiger partial charge in [0, 0.05) is 24.3 Å². The molecule has 3 rings (SSSR count). The van der Waals surface area contributed by atoms with Crippen LogP contribution >= 0.6 is 0 Å². The Balaban J connectivity index is 1.84. The van der Waals surface area contributed by atoms with Crippen molar-refractivity contribution >= 4 is 17.3 Å². The lowest BCUT2D eigenvalue weighted by Crippen LogP contribution is -2.19. The molecule has 0 spiro atoms. The van der Waals surface area contributed by atoms with Crippen LogP contribution in [0.2, 0.25) is 0 Å². The molecule has 0 aromatic heterocycles. The van der Waals surface area contributed by atoms with Crippen molar-refractivity contribution < 1.29 is 32.4 Å². The third-order valence-electron chi connectivity index (χ3n) is 4.32. The maximum Gasteiger partial charge on any atom is 0.416 e. The average molecular weight is 410 g/mol. The maximum absolute atomic E-state index is 13.1. The van der Waals surface area contributed by atoms with Crippen LogP contribution < -0.4 is 10.1 Å². The van der Waals surface area contributed by atoms with Gasteiger partial charge in [-0.25, -0.2) is 0 Å². The highest BCUT2D eigenvalue weighted by molar-refractivity contribution is 6.05. The number of anilines is 1. The summed E-state index contributed by atoms with van der Waals surface area (Å²) in [5.41, 5.74) is -1.52. The molecule has 0 radical (unpaired) electrons. The normalized spacial score (nSPS) is 16.4. The number of amides is 1. The molecule has 1 aliphatic heterocycles. The fourth-order valence-electron chi connectivity index (χ4n) is 2.84. The van der Waals surface area contributed by atoms with Crippen molar-refractivity contribution in [2.24, 2.45) is 0 Å². The summed E-state index contributed by atoms with van der Waals surface area (Å²) in [5.74, 6) is -0.748. The summed E-state index contributed by atoms with van der Waals surface area (Å²) in [7, 11) is 0. The Hall–Kier alpha value is -3.14. The molecule has 7 nitrogen and oxygen atoms in total. The van der Waals surface area contributed by atoms with Crippen LogP contribution in [0.1, 0.15) is 28.8 Å². The average Bonchev–Trinajstić information content (AvgIpc) is 3.20. The van der Waals surface area contributed by atoms with Crippen molar-refractivity contribution in [3.63, 3.8) is 0 Å². The van der Waals surface area contributed by atoms with Gasteiger partial charge in [0.15, 0.2) is 0 Å². The third-order valence-corrected chi connectivity index (χ3v) is 4.32. The highest BCUT2D eigenvalue weighted by atomic mass is 19.4. The number of nitrogens with one attached hydrogen (secondary N) is 1. The monoisotopic (exact) mass is 410 g/mol. The summed E-state index contributed by atoms with van der Waals surface area (Å²) in [4.78, 5) is 22.7. The number of rotatable bonds is 6. The van der Waals surface area contributed by atoms with Gasteiger partial charge in [-0.1, -0.05) is 6.07 Å². The van der Waals surface area contributed by atoms with Gasteiger partial charge in [0.05, 0.1) is 22.3 Å².